The van der Waals surface area contributed by atoms with Crippen molar-refractivity contribution in [3.8, 4) is 0 Å². The van der Waals surface area contributed by atoms with Crippen LogP contribution >= 0.6 is 0 Å². The fourth-order valence-electron chi connectivity index (χ4n) is 2.34. The summed E-state index contributed by atoms with van der Waals surface area (Å²) in [7, 11) is 1.85. The highest BCUT2D eigenvalue weighted by Crippen LogP contribution is 2.17. The van der Waals surface area contributed by atoms with Gasteiger partial charge in [0.25, 0.3) is 0 Å². The van der Waals surface area contributed by atoms with Crippen molar-refractivity contribution in [2.24, 2.45) is 0 Å². The SMILES string of the molecule is CC(C)N(C(=O)CN(C)CC(C)(C)O)c1ccccc1. The fraction of sp³-hybridized carbons (Fsp3) is 0.562. The molecule has 0 aromatic heterocycles. The van der Waals surface area contributed by atoms with Crippen molar-refractivity contribution in [2.45, 2.75) is 39.3 Å². The third-order valence-corrected chi connectivity index (χ3v) is 2.88. The molecular weight excluding hydrogens is 252 g/mol. The number of rotatable bonds is 6. The van der Waals surface area contributed by atoms with Crippen molar-refractivity contribution in [3.63, 3.8) is 0 Å². The number of likely N-dealkylation sites (N-methyl/N-ethyl adjacent to an activating group) is 1. The molecule has 1 N–H and O–H groups in total. The van der Waals surface area contributed by atoms with Gasteiger partial charge in [0.1, 0.15) is 0 Å². The highest BCUT2D eigenvalue weighted by molar-refractivity contribution is 5.95. The summed E-state index contributed by atoms with van der Waals surface area (Å²) in [6.45, 7) is 8.23. The molecule has 0 atom stereocenters. The highest BCUT2D eigenvalue weighted by atomic mass is 16.3. The molecule has 112 valence electrons. The van der Waals surface area contributed by atoms with Crippen LogP contribution in [0.1, 0.15) is 27.7 Å². The molecular formula is C16H26N2O2. The number of amides is 1. The minimum atomic E-state index is -0.801. The number of carbonyl (C=O) groups is 1. The summed E-state index contributed by atoms with van der Waals surface area (Å²) in [6.07, 6.45) is 0. The Morgan fingerprint density at radius 2 is 1.80 bits per heavy atom. The first-order chi connectivity index (χ1) is 9.20. The Kier molecular flexibility index (Phi) is 5.72. The van der Waals surface area contributed by atoms with E-state index < -0.39 is 5.60 Å². The van der Waals surface area contributed by atoms with Gasteiger partial charge in [0.2, 0.25) is 5.91 Å². The first kappa shape index (κ1) is 16.7. The van der Waals surface area contributed by atoms with Crippen LogP contribution in [0.3, 0.4) is 0 Å². The van der Waals surface area contributed by atoms with Crippen LogP contribution in [0.15, 0.2) is 30.3 Å². The van der Waals surface area contributed by atoms with E-state index in [9.17, 15) is 9.90 Å². The van der Waals surface area contributed by atoms with Crippen LogP contribution in [0.4, 0.5) is 5.69 Å². The fourth-order valence-corrected chi connectivity index (χ4v) is 2.34. The van der Waals surface area contributed by atoms with Gasteiger partial charge in [-0.1, -0.05) is 18.2 Å². The minimum absolute atomic E-state index is 0.0398. The maximum atomic E-state index is 12.5. The molecule has 0 aliphatic heterocycles. The third-order valence-electron chi connectivity index (χ3n) is 2.88. The molecule has 0 unspecified atom stereocenters. The monoisotopic (exact) mass is 278 g/mol. The molecule has 0 aliphatic rings. The van der Waals surface area contributed by atoms with E-state index >= 15 is 0 Å². The van der Waals surface area contributed by atoms with Gasteiger partial charge in [0, 0.05) is 18.3 Å². The summed E-state index contributed by atoms with van der Waals surface area (Å²) in [6, 6.07) is 9.77. The molecule has 4 heteroatoms. The van der Waals surface area contributed by atoms with E-state index in [1.54, 1.807) is 18.7 Å². The largest absolute Gasteiger partial charge is 0.389 e. The van der Waals surface area contributed by atoms with Gasteiger partial charge in [-0.15, -0.1) is 0 Å². The lowest BCUT2D eigenvalue weighted by atomic mass is 10.1. The van der Waals surface area contributed by atoms with E-state index in [0.29, 0.717) is 6.54 Å². The predicted molar refractivity (Wildman–Crippen MR) is 82.9 cm³/mol. The van der Waals surface area contributed by atoms with Gasteiger partial charge in [-0.05, 0) is 46.9 Å². The van der Waals surface area contributed by atoms with Crippen LogP contribution in [0.25, 0.3) is 0 Å². The number of benzene rings is 1. The van der Waals surface area contributed by atoms with Gasteiger partial charge in [-0.25, -0.2) is 0 Å². The Balaban J connectivity index is 2.76. The summed E-state index contributed by atoms with van der Waals surface area (Å²) >= 11 is 0. The number of para-hydroxylation sites is 1. The Morgan fingerprint density at radius 3 is 2.25 bits per heavy atom. The second-order valence-electron chi connectivity index (χ2n) is 6.18. The van der Waals surface area contributed by atoms with Crippen LogP contribution in [0.2, 0.25) is 0 Å². The zero-order chi connectivity index (χ0) is 15.3. The lowest BCUT2D eigenvalue weighted by molar-refractivity contribution is -0.120. The van der Waals surface area contributed by atoms with Crippen LogP contribution in [-0.4, -0.2) is 47.7 Å². The first-order valence-electron chi connectivity index (χ1n) is 6.99. The Morgan fingerprint density at radius 1 is 1.25 bits per heavy atom. The molecule has 0 saturated heterocycles. The van der Waals surface area contributed by atoms with E-state index in [2.05, 4.69) is 0 Å². The molecule has 0 spiro atoms. The molecule has 4 nitrogen and oxygen atoms in total. The topological polar surface area (TPSA) is 43.8 Å². The summed E-state index contributed by atoms with van der Waals surface area (Å²) in [4.78, 5) is 16.1. The number of nitrogens with zero attached hydrogens (tertiary/aromatic N) is 2. The summed E-state index contributed by atoms with van der Waals surface area (Å²) in [5, 5.41) is 9.80. The zero-order valence-corrected chi connectivity index (χ0v) is 13.1. The van der Waals surface area contributed by atoms with E-state index in [4.69, 9.17) is 0 Å². The Labute approximate surface area is 122 Å². The van der Waals surface area contributed by atoms with Gasteiger partial charge in [0.05, 0.1) is 12.1 Å². The number of hydrogen-bond donors (Lipinski definition) is 1. The number of anilines is 1. The van der Waals surface area contributed by atoms with Crippen molar-refractivity contribution in [1.29, 1.82) is 0 Å². The van der Waals surface area contributed by atoms with Crippen molar-refractivity contribution >= 4 is 11.6 Å². The van der Waals surface area contributed by atoms with Gasteiger partial charge < -0.3 is 10.0 Å². The van der Waals surface area contributed by atoms with E-state index in [1.165, 1.54) is 0 Å². The second kappa shape index (κ2) is 6.86. The van der Waals surface area contributed by atoms with E-state index in [0.717, 1.165) is 5.69 Å². The molecule has 0 bridgehead atoms. The quantitative estimate of drug-likeness (QED) is 0.867. The summed E-state index contributed by atoms with van der Waals surface area (Å²) in [5.74, 6) is 0.0398. The number of hydrogen-bond acceptors (Lipinski definition) is 3. The second-order valence-corrected chi connectivity index (χ2v) is 6.18. The van der Waals surface area contributed by atoms with Gasteiger partial charge in [-0.2, -0.15) is 0 Å². The molecule has 0 fully saturated rings. The van der Waals surface area contributed by atoms with Crippen molar-refractivity contribution in [3.05, 3.63) is 30.3 Å². The van der Waals surface area contributed by atoms with Gasteiger partial charge in [-0.3, -0.25) is 9.69 Å². The summed E-state index contributed by atoms with van der Waals surface area (Å²) in [5.41, 5.74) is 0.105. The summed E-state index contributed by atoms with van der Waals surface area (Å²) < 4.78 is 0. The maximum absolute atomic E-state index is 12.5. The zero-order valence-electron chi connectivity index (χ0n) is 13.1. The molecule has 0 heterocycles. The molecule has 1 aromatic rings. The average molecular weight is 278 g/mol. The van der Waals surface area contributed by atoms with Gasteiger partial charge in [0.15, 0.2) is 0 Å². The van der Waals surface area contributed by atoms with E-state index in [1.807, 2.05) is 56.1 Å². The normalized spacial score (nSPS) is 12.0. The van der Waals surface area contributed by atoms with Crippen molar-refractivity contribution in [1.82, 2.24) is 4.90 Å². The van der Waals surface area contributed by atoms with Crippen molar-refractivity contribution in [2.75, 3.05) is 25.0 Å². The number of aliphatic hydroxyl groups is 1. The lowest BCUT2D eigenvalue weighted by Crippen LogP contribution is -2.46. The van der Waals surface area contributed by atoms with Gasteiger partial charge >= 0.3 is 0 Å². The average Bonchev–Trinajstić information content (AvgIpc) is 2.26. The third kappa shape index (κ3) is 5.31. The van der Waals surface area contributed by atoms with Crippen LogP contribution in [-0.2, 0) is 4.79 Å². The molecule has 20 heavy (non-hydrogen) atoms. The number of carbonyl (C=O) groups excluding carboxylic acids is 1. The molecule has 0 aliphatic carbocycles. The van der Waals surface area contributed by atoms with Crippen molar-refractivity contribution < 1.29 is 9.90 Å². The minimum Gasteiger partial charge on any atom is -0.389 e. The lowest BCUT2D eigenvalue weighted by Gasteiger charge is -2.30. The highest BCUT2D eigenvalue weighted by Gasteiger charge is 2.22. The molecule has 1 aromatic carbocycles. The van der Waals surface area contributed by atoms with Crippen LogP contribution < -0.4 is 4.90 Å². The van der Waals surface area contributed by atoms with Crippen LogP contribution in [0.5, 0.6) is 0 Å². The predicted octanol–water partition coefficient (Wildman–Crippen LogP) is 2.13. The smallest absolute Gasteiger partial charge is 0.241 e. The first-order valence-corrected chi connectivity index (χ1v) is 6.99. The Hall–Kier alpha value is -1.39. The van der Waals surface area contributed by atoms with E-state index in [-0.39, 0.29) is 18.5 Å². The molecule has 1 amide bonds. The maximum Gasteiger partial charge on any atom is 0.241 e. The molecule has 0 radical (unpaired) electrons. The Bertz CT molecular complexity index is 424. The van der Waals surface area contributed by atoms with Crippen LogP contribution in [0, 0.1) is 0 Å². The molecule has 1 rings (SSSR count). The standard InChI is InChI=1S/C16H26N2O2/c1-13(2)18(14-9-7-6-8-10-14)15(19)11-17(5)12-16(3,4)20/h6-10,13,20H,11-12H2,1-5H3. The molecule has 0 saturated carbocycles.